The molecule has 2 rings (SSSR count). The Bertz CT molecular complexity index is 575. The third-order valence-electron chi connectivity index (χ3n) is 3.22. The Labute approximate surface area is 120 Å². The second kappa shape index (κ2) is 6.09. The van der Waals surface area contributed by atoms with E-state index in [1.165, 1.54) is 0 Å². The first-order valence-corrected chi connectivity index (χ1v) is 6.96. The van der Waals surface area contributed by atoms with E-state index < -0.39 is 0 Å². The van der Waals surface area contributed by atoms with Crippen LogP contribution in [0.15, 0.2) is 30.3 Å². The molecule has 20 heavy (non-hydrogen) atoms. The summed E-state index contributed by atoms with van der Waals surface area (Å²) in [5, 5.41) is 7.79. The third kappa shape index (κ3) is 3.02. The Morgan fingerprint density at radius 2 is 1.95 bits per heavy atom. The lowest BCUT2D eigenvalue weighted by atomic mass is 10.0. The Hall–Kier alpha value is -1.81. The van der Waals surface area contributed by atoms with Crippen LogP contribution in [-0.4, -0.2) is 22.9 Å². The highest BCUT2D eigenvalue weighted by Gasteiger charge is 2.20. The number of nitrogens with zero attached hydrogens (tertiary/aromatic N) is 2. The average molecular weight is 273 g/mol. The van der Waals surface area contributed by atoms with E-state index in [1.807, 2.05) is 57.7 Å². The van der Waals surface area contributed by atoms with Crippen LogP contribution in [0, 0.1) is 6.92 Å². The highest BCUT2D eigenvalue weighted by atomic mass is 16.5. The SMILES string of the molecule is CNC(c1ccccc1OC(C)C)c1cc(C)nn1C. The minimum absolute atomic E-state index is 0.0659. The van der Waals surface area contributed by atoms with Gasteiger partial charge >= 0.3 is 0 Å². The van der Waals surface area contributed by atoms with Gasteiger partial charge in [0, 0.05) is 12.6 Å². The summed E-state index contributed by atoms with van der Waals surface area (Å²) in [5.74, 6) is 0.917. The van der Waals surface area contributed by atoms with E-state index in [2.05, 4.69) is 22.5 Å². The molecule has 1 unspecified atom stereocenters. The summed E-state index contributed by atoms with van der Waals surface area (Å²) in [5.41, 5.74) is 3.28. The van der Waals surface area contributed by atoms with Gasteiger partial charge in [0.25, 0.3) is 0 Å². The van der Waals surface area contributed by atoms with Crippen molar-refractivity contribution in [2.24, 2.45) is 7.05 Å². The zero-order valence-electron chi connectivity index (χ0n) is 12.8. The topological polar surface area (TPSA) is 39.1 Å². The Kier molecular flexibility index (Phi) is 4.45. The maximum absolute atomic E-state index is 5.93. The lowest BCUT2D eigenvalue weighted by molar-refractivity contribution is 0.238. The second-order valence-corrected chi connectivity index (χ2v) is 5.26. The molecule has 0 saturated carbocycles. The molecule has 0 aliphatic rings. The number of hydrogen-bond donors (Lipinski definition) is 1. The molecule has 1 aromatic heterocycles. The number of para-hydroxylation sites is 1. The van der Waals surface area contributed by atoms with E-state index in [-0.39, 0.29) is 12.1 Å². The van der Waals surface area contributed by atoms with E-state index in [9.17, 15) is 0 Å². The van der Waals surface area contributed by atoms with Crippen LogP contribution in [0.2, 0.25) is 0 Å². The number of ether oxygens (including phenoxy) is 1. The number of aryl methyl sites for hydroxylation is 2. The van der Waals surface area contributed by atoms with Crippen LogP contribution >= 0.6 is 0 Å². The molecule has 0 bridgehead atoms. The predicted octanol–water partition coefficient (Wildman–Crippen LogP) is 2.82. The number of rotatable bonds is 5. The Morgan fingerprint density at radius 3 is 2.50 bits per heavy atom. The fourth-order valence-electron chi connectivity index (χ4n) is 2.44. The second-order valence-electron chi connectivity index (χ2n) is 5.26. The van der Waals surface area contributed by atoms with Gasteiger partial charge in [0.2, 0.25) is 0 Å². The van der Waals surface area contributed by atoms with Crippen molar-refractivity contribution in [1.29, 1.82) is 0 Å². The van der Waals surface area contributed by atoms with Gasteiger partial charge in [0.15, 0.2) is 0 Å². The lowest BCUT2D eigenvalue weighted by Crippen LogP contribution is -2.22. The van der Waals surface area contributed by atoms with Gasteiger partial charge in [-0.05, 0) is 40.0 Å². The summed E-state index contributed by atoms with van der Waals surface area (Å²) in [7, 11) is 3.93. The molecule has 2 aromatic rings. The molecule has 1 N–H and O–H groups in total. The maximum atomic E-state index is 5.93. The molecular formula is C16H23N3O. The fraction of sp³-hybridized carbons (Fsp3) is 0.438. The van der Waals surface area contributed by atoms with E-state index >= 15 is 0 Å². The van der Waals surface area contributed by atoms with Crippen molar-refractivity contribution in [2.45, 2.75) is 32.9 Å². The molecule has 108 valence electrons. The van der Waals surface area contributed by atoms with E-state index in [1.54, 1.807) is 0 Å². The fourth-order valence-corrected chi connectivity index (χ4v) is 2.44. The smallest absolute Gasteiger partial charge is 0.124 e. The first-order chi connectivity index (χ1) is 9.52. The lowest BCUT2D eigenvalue weighted by Gasteiger charge is -2.21. The van der Waals surface area contributed by atoms with Crippen LogP contribution in [0.5, 0.6) is 5.75 Å². The molecule has 1 atom stereocenters. The zero-order chi connectivity index (χ0) is 14.7. The molecular weight excluding hydrogens is 250 g/mol. The van der Waals surface area contributed by atoms with Crippen molar-refractivity contribution < 1.29 is 4.74 Å². The van der Waals surface area contributed by atoms with Gasteiger partial charge in [-0.25, -0.2) is 0 Å². The molecule has 4 heteroatoms. The summed E-state index contributed by atoms with van der Waals surface area (Å²) in [6.45, 7) is 6.09. The maximum Gasteiger partial charge on any atom is 0.124 e. The molecule has 4 nitrogen and oxygen atoms in total. The van der Waals surface area contributed by atoms with Gasteiger partial charge in [0.05, 0.1) is 23.5 Å². The highest BCUT2D eigenvalue weighted by Crippen LogP contribution is 2.30. The molecule has 0 aliphatic carbocycles. The molecule has 1 heterocycles. The predicted molar refractivity (Wildman–Crippen MR) is 81.1 cm³/mol. The van der Waals surface area contributed by atoms with Crippen molar-refractivity contribution in [2.75, 3.05) is 7.05 Å². The summed E-state index contributed by atoms with van der Waals surface area (Å²) in [6.07, 6.45) is 0.155. The first kappa shape index (κ1) is 14.6. The van der Waals surface area contributed by atoms with Gasteiger partial charge in [-0.1, -0.05) is 18.2 Å². The van der Waals surface area contributed by atoms with E-state index in [4.69, 9.17) is 4.74 Å². The summed E-state index contributed by atoms with van der Waals surface area (Å²) < 4.78 is 7.85. The number of hydrogen-bond acceptors (Lipinski definition) is 3. The van der Waals surface area contributed by atoms with Crippen LogP contribution in [0.1, 0.15) is 36.8 Å². The van der Waals surface area contributed by atoms with E-state index in [0.717, 1.165) is 22.7 Å². The van der Waals surface area contributed by atoms with Crippen molar-refractivity contribution in [3.63, 3.8) is 0 Å². The number of nitrogens with one attached hydrogen (secondary N) is 1. The molecule has 0 fully saturated rings. The van der Waals surface area contributed by atoms with Gasteiger partial charge in [-0.3, -0.25) is 4.68 Å². The molecule has 0 aliphatic heterocycles. The van der Waals surface area contributed by atoms with Crippen LogP contribution in [0.4, 0.5) is 0 Å². The normalized spacial score (nSPS) is 12.7. The van der Waals surface area contributed by atoms with Crippen LogP contribution in [-0.2, 0) is 7.05 Å². The third-order valence-corrected chi connectivity index (χ3v) is 3.22. The van der Waals surface area contributed by atoms with E-state index in [0.29, 0.717) is 0 Å². The zero-order valence-corrected chi connectivity index (χ0v) is 12.8. The number of aromatic nitrogens is 2. The molecule has 0 radical (unpaired) electrons. The van der Waals surface area contributed by atoms with Crippen LogP contribution in [0.25, 0.3) is 0 Å². The standard InChI is InChI=1S/C16H23N3O/c1-11(2)20-15-9-7-6-8-13(15)16(17-4)14-10-12(3)18-19(14)5/h6-11,16-17H,1-5H3. The first-order valence-electron chi connectivity index (χ1n) is 6.96. The van der Waals surface area contributed by atoms with Gasteiger partial charge in [0.1, 0.15) is 5.75 Å². The molecule has 1 aromatic carbocycles. The Morgan fingerprint density at radius 1 is 1.25 bits per heavy atom. The van der Waals surface area contributed by atoms with Crippen LogP contribution < -0.4 is 10.1 Å². The average Bonchev–Trinajstić information content (AvgIpc) is 2.71. The van der Waals surface area contributed by atoms with Crippen molar-refractivity contribution >= 4 is 0 Å². The summed E-state index contributed by atoms with van der Waals surface area (Å²) in [6, 6.07) is 10.3. The van der Waals surface area contributed by atoms with Gasteiger partial charge in [-0.15, -0.1) is 0 Å². The van der Waals surface area contributed by atoms with Gasteiger partial charge < -0.3 is 10.1 Å². The summed E-state index contributed by atoms with van der Waals surface area (Å²) in [4.78, 5) is 0. The van der Waals surface area contributed by atoms with Crippen molar-refractivity contribution in [3.8, 4) is 5.75 Å². The van der Waals surface area contributed by atoms with Crippen molar-refractivity contribution in [1.82, 2.24) is 15.1 Å². The highest BCUT2D eigenvalue weighted by molar-refractivity contribution is 5.40. The molecule has 0 amide bonds. The monoisotopic (exact) mass is 273 g/mol. The van der Waals surface area contributed by atoms with Crippen molar-refractivity contribution in [3.05, 3.63) is 47.3 Å². The van der Waals surface area contributed by atoms with Crippen LogP contribution in [0.3, 0.4) is 0 Å². The quantitative estimate of drug-likeness (QED) is 0.910. The number of benzene rings is 1. The minimum Gasteiger partial charge on any atom is -0.491 e. The molecule has 0 saturated heterocycles. The minimum atomic E-state index is 0.0659. The largest absolute Gasteiger partial charge is 0.491 e. The summed E-state index contributed by atoms with van der Waals surface area (Å²) >= 11 is 0. The molecule has 0 spiro atoms. The van der Waals surface area contributed by atoms with Gasteiger partial charge in [-0.2, -0.15) is 5.10 Å². The Balaban J connectivity index is 2.44.